The number of nitrogens with one attached hydrogen (secondary N) is 1. The zero-order valence-corrected chi connectivity index (χ0v) is 26.8. The highest BCUT2D eigenvalue weighted by Gasteiger charge is 2.35. The van der Waals surface area contributed by atoms with Crippen molar-refractivity contribution in [1.29, 1.82) is 0 Å². The van der Waals surface area contributed by atoms with E-state index in [2.05, 4.69) is 5.32 Å². The molecule has 0 saturated carbocycles. The van der Waals surface area contributed by atoms with E-state index < -0.39 is 40.0 Å². The summed E-state index contributed by atoms with van der Waals surface area (Å²) in [5.41, 5.74) is 0.866. The Balaban J connectivity index is 2.12. The Labute approximate surface area is 261 Å². The van der Waals surface area contributed by atoms with E-state index in [0.29, 0.717) is 10.6 Å². The first-order chi connectivity index (χ1) is 19.0. The van der Waals surface area contributed by atoms with E-state index in [0.717, 1.165) is 16.1 Å². The number of rotatable bonds is 10. The fourth-order valence-electron chi connectivity index (χ4n) is 4.14. The SMILES string of the molecule is CC(C)(C)NC(=O)[C@H](Cc1ccccc1)N(Cc1cccc(Cl)c1)C(=O)CN(c1cc(Cl)c(Cl)cc1Cl)S(C)(=O)=O. The minimum Gasteiger partial charge on any atom is -0.350 e. The number of nitrogens with zero attached hydrogens (tertiary/aromatic N) is 2. The fraction of sp³-hybridized carbons (Fsp3) is 0.310. The number of anilines is 1. The molecule has 0 unspecified atom stereocenters. The van der Waals surface area contributed by atoms with Gasteiger partial charge in [0.15, 0.2) is 0 Å². The van der Waals surface area contributed by atoms with Gasteiger partial charge in [-0.05, 0) is 56.2 Å². The Kier molecular flexibility index (Phi) is 11.0. The number of sulfonamides is 1. The Morgan fingerprint density at radius 2 is 1.46 bits per heavy atom. The van der Waals surface area contributed by atoms with E-state index in [1.165, 1.54) is 17.0 Å². The zero-order valence-electron chi connectivity index (χ0n) is 23.0. The van der Waals surface area contributed by atoms with Gasteiger partial charge in [-0.1, -0.05) is 88.9 Å². The summed E-state index contributed by atoms with van der Waals surface area (Å²) in [5.74, 6) is -1.03. The maximum Gasteiger partial charge on any atom is 0.244 e. The first-order valence-corrected chi connectivity index (χ1v) is 15.9. The van der Waals surface area contributed by atoms with Gasteiger partial charge in [-0.2, -0.15) is 0 Å². The molecule has 2 amide bonds. The van der Waals surface area contributed by atoms with E-state index >= 15 is 0 Å². The molecule has 7 nitrogen and oxygen atoms in total. The Bertz CT molecular complexity index is 1510. The summed E-state index contributed by atoms with van der Waals surface area (Å²) < 4.78 is 26.7. The van der Waals surface area contributed by atoms with Crippen LogP contribution in [0.2, 0.25) is 20.1 Å². The summed E-state index contributed by atoms with van der Waals surface area (Å²) in [6.07, 6.45) is 1.13. The molecule has 0 aliphatic carbocycles. The second-order valence-electron chi connectivity index (χ2n) is 10.6. The van der Waals surface area contributed by atoms with Crippen LogP contribution >= 0.6 is 46.4 Å². The third-order valence-electron chi connectivity index (χ3n) is 5.95. The van der Waals surface area contributed by atoms with Crippen molar-refractivity contribution in [2.24, 2.45) is 0 Å². The Morgan fingerprint density at radius 1 is 0.854 bits per heavy atom. The molecular weight excluding hydrogens is 628 g/mol. The van der Waals surface area contributed by atoms with Crippen LogP contribution in [0, 0.1) is 0 Å². The largest absolute Gasteiger partial charge is 0.350 e. The van der Waals surface area contributed by atoms with Crippen LogP contribution in [0.3, 0.4) is 0 Å². The number of halogens is 4. The molecule has 0 heterocycles. The third kappa shape index (κ3) is 9.51. The van der Waals surface area contributed by atoms with Crippen LogP contribution in [0.4, 0.5) is 5.69 Å². The van der Waals surface area contributed by atoms with Crippen LogP contribution in [0.15, 0.2) is 66.7 Å². The lowest BCUT2D eigenvalue weighted by atomic mass is 10.0. The average molecular weight is 659 g/mol. The van der Waals surface area contributed by atoms with E-state index in [1.54, 1.807) is 24.3 Å². The van der Waals surface area contributed by atoms with Gasteiger partial charge in [0.2, 0.25) is 21.8 Å². The standard InChI is InChI=1S/C29H31Cl4N3O4S/c1-29(2,3)34-28(38)26(14-19-9-6-5-7-10-19)35(17-20-11-8-12-21(30)13-20)27(37)18-36(41(4,39)40)25-16-23(32)22(31)15-24(25)33/h5-13,15-16,26H,14,17-18H2,1-4H3,(H,34,38)/t26-/m0/s1. The summed E-state index contributed by atoms with van der Waals surface area (Å²) in [4.78, 5) is 29.2. The van der Waals surface area contributed by atoms with Gasteiger partial charge in [-0.25, -0.2) is 8.42 Å². The van der Waals surface area contributed by atoms with Crippen molar-refractivity contribution in [2.75, 3.05) is 17.1 Å². The molecule has 1 atom stereocenters. The topological polar surface area (TPSA) is 86.8 Å². The van der Waals surface area contributed by atoms with Gasteiger partial charge in [0.05, 0.1) is 27.0 Å². The lowest BCUT2D eigenvalue weighted by Gasteiger charge is -2.35. The van der Waals surface area contributed by atoms with Gasteiger partial charge in [0, 0.05) is 23.5 Å². The van der Waals surface area contributed by atoms with Gasteiger partial charge < -0.3 is 10.2 Å². The van der Waals surface area contributed by atoms with Gasteiger partial charge in [-0.3, -0.25) is 13.9 Å². The highest BCUT2D eigenvalue weighted by molar-refractivity contribution is 7.92. The van der Waals surface area contributed by atoms with Crippen LogP contribution in [0.25, 0.3) is 0 Å². The molecule has 1 N–H and O–H groups in total. The van der Waals surface area contributed by atoms with E-state index in [4.69, 9.17) is 46.4 Å². The van der Waals surface area contributed by atoms with Crippen LogP contribution in [-0.2, 0) is 32.6 Å². The molecule has 3 rings (SSSR count). The van der Waals surface area contributed by atoms with Crippen molar-refractivity contribution < 1.29 is 18.0 Å². The van der Waals surface area contributed by atoms with E-state index in [-0.39, 0.29) is 33.7 Å². The highest BCUT2D eigenvalue weighted by Crippen LogP contribution is 2.35. The predicted molar refractivity (Wildman–Crippen MR) is 167 cm³/mol. The molecule has 3 aromatic rings. The van der Waals surface area contributed by atoms with E-state index in [9.17, 15) is 18.0 Å². The van der Waals surface area contributed by atoms with Gasteiger partial charge in [-0.15, -0.1) is 0 Å². The average Bonchev–Trinajstić information content (AvgIpc) is 2.86. The fourth-order valence-corrected chi connectivity index (χ4v) is 5.90. The summed E-state index contributed by atoms with van der Waals surface area (Å²) in [6.45, 7) is 4.86. The van der Waals surface area contributed by atoms with Crippen molar-refractivity contribution in [3.8, 4) is 0 Å². The first kappa shape index (κ1) is 33.0. The molecule has 0 aliphatic heterocycles. The predicted octanol–water partition coefficient (Wildman–Crippen LogP) is 6.62. The van der Waals surface area contributed by atoms with Crippen molar-refractivity contribution >= 4 is 73.9 Å². The van der Waals surface area contributed by atoms with Gasteiger partial charge in [0.1, 0.15) is 12.6 Å². The molecule has 41 heavy (non-hydrogen) atoms. The zero-order chi connectivity index (χ0) is 30.5. The van der Waals surface area contributed by atoms with Gasteiger partial charge >= 0.3 is 0 Å². The second kappa shape index (κ2) is 13.7. The monoisotopic (exact) mass is 657 g/mol. The Morgan fingerprint density at radius 3 is 2.05 bits per heavy atom. The van der Waals surface area contributed by atoms with Gasteiger partial charge in [0.25, 0.3) is 0 Å². The molecule has 0 fully saturated rings. The minimum absolute atomic E-state index is 0.00896. The summed E-state index contributed by atoms with van der Waals surface area (Å²) in [6, 6.07) is 17.8. The van der Waals surface area contributed by atoms with Crippen molar-refractivity contribution in [2.45, 2.75) is 45.3 Å². The minimum atomic E-state index is -4.03. The molecule has 0 bridgehead atoms. The van der Waals surface area contributed by atoms with Crippen LogP contribution < -0.4 is 9.62 Å². The van der Waals surface area contributed by atoms with Crippen molar-refractivity contribution in [3.63, 3.8) is 0 Å². The molecule has 220 valence electrons. The molecule has 0 saturated heterocycles. The summed E-state index contributed by atoms with van der Waals surface area (Å²) in [5, 5.41) is 3.60. The number of carbonyl (C=O) groups excluding carboxylic acids is 2. The van der Waals surface area contributed by atoms with Crippen LogP contribution in [-0.4, -0.2) is 49.5 Å². The molecule has 0 radical (unpaired) electrons. The number of hydrogen-bond donors (Lipinski definition) is 1. The summed E-state index contributed by atoms with van der Waals surface area (Å²) in [7, 11) is -4.03. The van der Waals surface area contributed by atoms with Crippen molar-refractivity contribution in [3.05, 3.63) is 97.9 Å². The lowest BCUT2D eigenvalue weighted by molar-refractivity contribution is -0.140. The van der Waals surface area contributed by atoms with Crippen LogP contribution in [0.5, 0.6) is 0 Å². The van der Waals surface area contributed by atoms with Crippen LogP contribution in [0.1, 0.15) is 31.9 Å². The molecule has 12 heteroatoms. The van der Waals surface area contributed by atoms with E-state index in [1.807, 2.05) is 51.1 Å². The quantitative estimate of drug-likeness (QED) is 0.248. The molecule has 3 aromatic carbocycles. The third-order valence-corrected chi connectivity index (χ3v) is 8.34. The smallest absolute Gasteiger partial charge is 0.244 e. The highest BCUT2D eigenvalue weighted by atomic mass is 35.5. The lowest BCUT2D eigenvalue weighted by Crippen LogP contribution is -2.56. The number of carbonyl (C=O) groups is 2. The molecular formula is C29H31Cl4N3O4S. The Hall–Kier alpha value is -2.49. The number of benzene rings is 3. The molecule has 0 spiro atoms. The van der Waals surface area contributed by atoms with Crippen molar-refractivity contribution in [1.82, 2.24) is 10.2 Å². The molecule has 0 aromatic heterocycles. The molecule has 0 aliphatic rings. The second-order valence-corrected chi connectivity index (χ2v) is 14.1. The summed E-state index contributed by atoms with van der Waals surface area (Å²) >= 11 is 24.8. The maximum atomic E-state index is 14.1. The normalized spacial score (nSPS) is 12.5. The first-order valence-electron chi connectivity index (χ1n) is 12.6. The number of hydrogen-bond acceptors (Lipinski definition) is 4. The maximum absolute atomic E-state index is 14.1. The number of amides is 2.